The van der Waals surface area contributed by atoms with Crippen molar-refractivity contribution in [3.8, 4) is 0 Å². The first-order valence-corrected chi connectivity index (χ1v) is 5.75. The van der Waals surface area contributed by atoms with Crippen LogP contribution in [0.5, 0.6) is 0 Å². The lowest BCUT2D eigenvalue weighted by molar-refractivity contribution is -0.0530. The summed E-state index contributed by atoms with van der Waals surface area (Å²) >= 11 is 0. The van der Waals surface area contributed by atoms with E-state index in [0.717, 1.165) is 0 Å². The number of carbonyl (C=O) groups is 1. The van der Waals surface area contributed by atoms with Crippen molar-refractivity contribution in [1.82, 2.24) is 14.7 Å². The highest BCUT2D eigenvalue weighted by Gasteiger charge is 2.26. The normalized spacial score (nSPS) is 24.8. The smallest absolute Gasteiger partial charge is 0.323 e. The third-order valence-corrected chi connectivity index (χ3v) is 2.76. The highest BCUT2D eigenvalue weighted by molar-refractivity contribution is 5.88. The van der Waals surface area contributed by atoms with E-state index in [0.29, 0.717) is 18.9 Å². The fourth-order valence-electron chi connectivity index (χ4n) is 2.03. The van der Waals surface area contributed by atoms with Crippen LogP contribution in [0.1, 0.15) is 13.8 Å². The quantitative estimate of drug-likeness (QED) is 0.796. The second-order valence-electron chi connectivity index (χ2n) is 4.43. The van der Waals surface area contributed by atoms with Gasteiger partial charge >= 0.3 is 6.03 Å². The summed E-state index contributed by atoms with van der Waals surface area (Å²) in [6, 6.07) is 1.67. The number of urea groups is 1. The molecular formula is C11H18N4O2. The van der Waals surface area contributed by atoms with Gasteiger partial charge in [0.05, 0.1) is 18.4 Å². The molecule has 94 valence electrons. The molecule has 6 heteroatoms. The van der Waals surface area contributed by atoms with Gasteiger partial charge in [0.15, 0.2) is 0 Å². The van der Waals surface area contributed by atoms with E-state index in [1.807, 2.05) is 13.8 Å². The maximum atomic E-state index is 12.0. The van der Waals surface area contributed by atoms with E-state index in [4.69, 9.17) is 4.74 Å². The molecule has 2 heterocycles. The van der Waals surface area contributed by atoms with Crippen LogP contribution < -0.4 is 5.32 Å². The number of aryl methyl sites for hydroxylation is 1. The predicted octanol–water partition coefficient (Wildman–Crippen LogP) is 1.06. The molecule has 0 radical (unpaired) electrons. The summed E-state index contributed by atoms with van der Waals surface area (Å²) in [7, 11) is 1.79. The predicted molar refractivity (Wildman–Crippen MR) is 63.8 cm³/mol. The minimum Gasteiger partial charge on any atom is -0.372 e. The van der Waals surface area contributed by atoms with Crippen LogP contribution in [0.25, 0.3) is 0 Å². The van der Waals surface area contributed by atoms with Crippen molar-refractivity contribution in [3.05, 3.63) is 12.3 Å². The highest BCUT2D eigenvalue weighted by Crippen LogP contribution is 2.12. The zero-order chi connectivity index (χ0) is 12.4. The van der Waals surface area contributed by atoms with Gasteiger partial charge in [-0.3, -0.25) is 10.00 Å². The molecule has 17 heavy (non-hydrogen) atoms. The number of amides is 2. The van der Waals surface area contributed by atoms with E-state index in [2.05, 4.69) is 10.4 Å². The number of nitrogens with one attached hydrogen (secondary N) is 1. The van der Waals surface area contributed by atoms with Crippen LogP contribution in [0, 0.1) is 0 Å². The molecule has 1 aromatic heterocycles. The molecule has 2 amide bonds. The largest absolute Gasteiger partial charge is 0.372 e. The van der Waals surface area contributed by atoms with Gasteiger partial charge < -0.3 is 9.64 Å². The zero-order valence-corrected chi connectivity index (χ0v) is 10.4. The Morgan fingerprint density at radius 1 is 1.47 bits per heavy atom. The second kappa shape index (κ2) is 4.75. The summed E-state index contributed by atoms with van der Waals surface area (Å²) in [4.78, 5) is 13.8. The molecule has 1 aromatic rings. The molecule has 0 aromatic carbocycles. The summed E-state index contributed by atoms with van der Waals surface area (Å²) in [6.07, 6.45) is 1.81. The maximum Gasteiger partial charge on any atom is 0.323 e. The van der Waals surface area contributed by atoms with Gasteiger partial charge in [0, 0.05) is 26.2 Å². The minimum absolute atomic E-state index is 0.0797. The molecule has 1 saturated heterocycles. The lowest BCUT2D eigenvalue weighted by Gasteiger charge is -2.35. The van der Waals surface area contributed by atoms with Gasteiger partial charge in [-0.15, -0.1) is 0 Å². The average Bonchev–Trinajstić information content (AvgIpc) is 2.63. The van der Waals surface area contributed by atoms with Crippen LogP contribution >= 0.6 is 0 Å². The molecule has 6 nitrogen and oxygen atoms in total. The van der Waals surface area contributed by atoms with Gasteiger partial charge in [0.25, 0.3) is 0 Å². The Kier molecular flexibility index (Phi) is 3.33. The molecule has 1 fully saturated rings. The molecule has 0 saturated carbocycles. The van der Waals surface area contributed by atoms with Crippen molar-refractivity contribution < 1.29 is 9.53 Å². The van der Waals surface area contributed by atoms with Crippen LogP contribution in [0.3, 0.4) is 0 Å². The summed E-state index contributed by atoms with van der Waals surface area (Å²) in [5.41, 5.74) is 0. The van der Waals surface area contributed by atoms with Crippen molar-refractivity contribution in [1.29, 1.82) is 0 Å². The minimum atomic E-state index is -0.101. The second-order valence-corrected chi connectivity index (χ2v) is 4.43. The van der Waals surface area contributed by atoms with E-state index in [9.17, 15) is 4.79 Å². The van der Waals surface area contributed by atoms with Crippen molar-refractivity contribution in [3.63, 3.8) is 0 Å². The van der Waals surface area contributed by atoms with E-state index < -0.39 is 0 Å². The van der Waals surface area contributed by atoms with Crippen LogP contribution in [0.15, 0.2) is 12.3 Å². The van der Waals surface area contributed by atoms with Crippen molar-refractivity contribution in [2.45, 2.75) is 26.1 Å². The van der Waals surface area contributed by atoms with Gasteiger partial charge in [-0.2, -0.15) is 5.10 Å². The van der Waals surface area contributed by atoms with Gasteiger partial charge in [0.2, 0.25) is 0 Å². The highest BCUT2D eigenvalue weighted by atomic mass is 16.5. The Balaban J connectivity index is 1.98. The number of anilines is 1. The molecule has 0 unspecified atom stereocenters. The third kappa shape index (κ3) is 2.76. The van der Waals surface area contributed by atoms with Crippen LogP contribution in [0.4, 0.5) is 10.6 Å². The van der Waals surface area contributed by atoms with Crippen molar-refractivity contribution in [2.75, 3.05) is 18.4 Å². The Hall–Kier alpha value is -1.56. The molecule has 1 N–H and O–H groups in total. The lowest BCUT2D eigenvalue weighted by Crippen LogP contribution is -2.49. The van der Waals surface area contributed by atoms with E-state index in [1.165, 1.54) is 0 Å². The Morgan fingerprint density at radius 2 is 2.12 bits per heavy atom. The molecular weight excluding hydrogens is 220 g/mol. The molecule has 2 atom stereocenters. The standard InChI is InChI=1S/C11H18N4O2/c1-8-6-15(7-9(2)17-8)11(16)13-10-4-5-12-14(10)3/h4-5,8-9H,6-7H2,1-3H3,(H,13,16)/t8-,9+. The summed E-state index contributed by atoms with van der Waals surface area (Å²) < 4.78 is 7.22. The lowest BCUT2D eigenvalue weighted by atomic mass is 10.2. The van der Waals surface area contributed by atoms with Gasteiger partial charge in [-0.05, 0) is 13.8 Å². The first-order chi connectivity index (χ1) is 8.06. The van der Waals surface area contributed by atoms with Crippen LogP contribution in [-0.4, -0.2) is 46.0 Å². The van der Waals surface area contributed by atoms with E-state index in [1.54, 1.807) is 28.9 Å². The Morgan fingerprint density at radius 3 is 2.65 bits per heavy atom. The maximum absolute atomic E-state index is 12.0. The first-order valence-electron chi connectivity index (χ1n) is 5.75. The average molecular weight is 238 g/mol. The Bertz CT molecular complexity index is 394. The fourth-order valence-corrected chi connectivity index (χ4v) is 2.03. The molecule has 1 aliphatic rings. The number of nitrogens with zero attached hydrogens (tertiary/aromatic N) is 3. The van der Waals surface area contributed by atoms with Gasteiger partial charge in [-0.25, -0.2) is 4.79 Å². The number of hydrogen-bond acceptors (Lipinski definition) is 3. The summed E-state index contributed by atoms with van der Waals surface area (Å²) in [5.74, 6) is 0.696. The van der Waals surface area contributed by atoms with Gasteiger partial charge in [0.1, 0.15) is 5.82 Å². The molecule has 0 bridgehead atoms. The molecule has 2 rings (SSSR count). The van der Waals surface area contributed by atoms with Crippen molar-refractivity contribution in [2.24, 2.45) is 7.05 Å². The zero-order valence-electron chi connectivity index (χ0n) is 10.4. The number of morpholine rings is 1. The monoisotopic (exact) mass is 238 g/mol. The number of hydrogen-bond donors (Lipinski definition) is 1. The van der Waals surface area contributed by atoms with E-state index >= 15 is 0 Å². The topological polar surface area (TPSA) is 59.4 Å². The fraction of sp³-hybridized carbons (Fsp3) is 0.636. The van der Waals surface area contributed by atoms with Crippen LogP contribution in [-0.2, 0) is 11.8 Å². The first kappa shape index (κ1) is 11.9. The molecule has 1 aliphatic heterocycles. The number of rotatable bonds is 1. The number of aromatic nitrogens is 2. The summed E-state index contributed by atoms with van der Waals surface area (Å²) in [6.45, 7) is 5.18. The third-order valence-electron chi connectivity index (χ3n) is 2.76. The SMILES string of the molecule is C[C@@H]1CN(C(=O)Nc2ccnn2C)C[C@H](C)O1. The molecule has 0 spiro atoms. The van der Waals surface area contributed by atoms with Gasteiger partial charge in [-0.1, -0.05) is 0 Å². The van der Waals surface area contributed by atoms with Crippen LogP contribution in [0.2, 0.25) is 0 Å². The number of ether oxygens (including phenoxy) is 1. The Labute approximate surface area is 101 Å². The number of carbonyl (C=O) groups excluding carboxylic acids is 1. The molecule has 0 aliphatic carbocycles. The summed E-state index contributed by atoms with van der Waals surface area (Å²) in [5, 5.41) is 6.84. The van der Waals surface area contributed by atoms with E-state index in [-0.39, 0.29) is 18.2 Å². The van der Waals surface area contributed by atoms with Crippen molar-refractivity contribution >= 4 is 11.8 Å².